The van der Waals surface area contributed by atoms with Crippen molar-refractivity contribution in [3.05, 3.63) is 36.2 Å². The van der Waals surface area contributed by atoms with Crippen LogP contribution >= 0.6 is 0 Å². The topological polar surface area (TPSA) is 33.0 Å². The summed E-state index contributed by atoms with van der Waals surface area (Å²) in [5.74, 6) is 0.810. The van der Waals surface area contributed by atoms with Gasteiger partial charge in [-0.2, -0.15) is 5.26 Å². The molecule has 1 rings (SSSR count). The van der Waals surface area contributed by atoms with Crippen LogP contribution in [0.4, 0.5) is 0 Å². The van der Waals surface area contributed by atoms with E-state index < -0.39 is 0 Å². The molecule has 1 aromatic carbocycles. The number of para-hydroxylation sites is 1. The van der Waals surface area contributed by atoms with Crippen molar-refractivity contribution >= 4 is 0 Å². The molecule has 1 aromatic rings. The first kappa shape index (κ1) is 10.6. The molecule has 0 spiro atoms. The van der Waals surface area contributed by atoms with Gasteiger partial charge >= 0.3 is 0 Å². The maximum absolute atomic E-state index is 8.90. The minimum atomic E-state index is 0.129. The molecule has 0 aliphatic heterocycles. The SMILES string of the molecule is [CH2]C(C)c1cccc(C#N)c1OCC. The lowest BCUT2D eigenvalue weighted by Gasteiger charge is -2.13. The van der Waals surface area contributed by atoms with Crippen molar-refractivity contribution in [2.24, 2.45) is 0 Å². The van der Waals surface area contributed by atoms with E-state index in [1.54, 1.807) is 6.07 Å². The summed E-state index contributed by atoms with van der Waals surface area (Å²) in [5.41, 5.74) is 1.57. The van der Waals surface area contributed by atoms with Gasteiger partial charge in [0, 0.05) is 0 Å². The summed E-state index contributed by atoms with van der Waals surface area (Å²) in [6.45, 7) is 8.40. The van der Waals surface area contributed by atoms with Crippen LogP contribution < -0.4 is 4.74 Å². The molecule has 1 atom stereocenters. The van der Waals surface area contributed by atoms with Crippen LogP contribution in [0.1, 0.15) is 30.9 Å². The fourth-order valence-corrected chi connectivity index (χ4v) is 1.34. The summed E-state index contributed by atoms with van der Waals surface area (Å²) in [7, 11) is 0. The Kier molecular flexibility index (Phi) is 3.53. The number of nitrogens with zero attached hydrogens (tertiary/aromatic N) is 1. The van der Waals surface area contributed by atoms with Crippen LogP contribution in [0.5, 0.6) is 5.75 Å². The van der Waals surface area contributed by atoms with Crippen molar-refractivity contribution in [1.82, 2.24) is 0 Å². The van der Waals surface area contributed by atoms with Gasteiger partial charge in [-0.05, 0) is 31.4 Å². The Hall–Kier alpha value is -1.49. The van der Waals surface area contributed by atoms with Crippen LogP contribution in [0.2, 0.25) is 0 Å². The van der Waals surface area contributed by atoms with Gasteiger partial charge in [-0.1, -0.05) is 19.1 Å². The fraction of sp³-hybridized carbons (Fsp3) is 0.333. The van der Waals surface area contributed by atoms with Gasteiger partial charge in [0.15, 0.2) is 0 Å². The van der Waals surface area contributed by atoms with E-state index >= 15 is 0 Å². The van der Waals surface area contributed by atoms with Crippen molar-refractivity contribution in [2.75, 3.05) is 6.61 Å². The number of nitriles is 1. The lowest BCUT2D eigenvalue weighted by atomic mass is 9.99. The maximum Gasteiger partial charge on any atom is 0.140 e. The molecule has 14 heavy (non-hydrogen) atoms. The molecule has 2 heteroatoms. The molecule has 0 aliphatic rings. The first-order valence-electron chi connectivity index (χ1n) is 4.69. The standard InChI is InChI=1S/C12H14NO/c1-4-14-12-10(8-13)6-5-7-11(12)9(2)3/h5-7,9H,2,4H2,1,3H3. The highest BCUT2D eigenvalue weighted by atomic mass is 16.5. The number of benzene rings is 1. The van der Waals surface area contributed by atoms with Crippen LogP contribution in [-0.2, 0) is 0 Å². The van der Waals surface area contributed by atoms with Crippen molar-refractivity contribution in [1.29, 1.82) is 5.26 Å². The van der Waals surface area contributed by atoms with Crippen molar-refractivity contribution in [3.8, 4) is 11.8 Å². The van der Waals surface area contributed by atoms with Crippen LogP contribution in [0.3, 0.4) is 0 Å². The highest BCUT2D eigenvalue weighted by Crippen LogP contribution is 2.29. The van der Waals surface area contributed by atoms with Gasteiger partial charge in [-0.3, -0.25) is 0 Å². The van der Waals surface area contributed by atoms with Crippen LogP contribution in [0.15, 0.2) is 18.2 Å². The van der Waals surface area contributed by atoms with Gasteiger partial charge in [-0.25, -0.2) is 0 Å². The van der Waals surface area contributed by atoms with Gasteiger partial charge in [-0.15, -0.1) is 0 Å². The zero-order valence-electron chi connectivity index (χ0n) is 8.58. The van der Waals surface area contributed by atoms with E-state index in [9.17, 15) is 0 Å². The molecule has 1 radical (unpaired) electrons. The fourth-order valence-electron chi connectivity index (χ4n) is 1.34. The number of hydrogen-bond donors (Lipinski definition) is 0. The highest BCUT2D eigenvalue weighted by molar-refractivity contribution is 5.50. The largest absolute Gasteiger partial charge is 0.492 e. The number of rotatable bonds is 3. The molecule has 0 aromatic heterocycles. The number of hydrogen-bond acceptors (Lipinski definition) is 2. The summed E-state index contributed by atoms with van der Waals surface area (Å²) < 4.78 is 5.46. The third kappa shape index (κ3) is 2.05. The summed E-state index contributed by atoms with van der Waals surface area (Å²) in [6.07, 6.45) is 0. The molecular weight excluding hydrogens is 174 g/mol. The lowest BCUT2D eigenvalue weighted by molar-refractivity contribution is 0.335. The first-order chi connectivity index (χ1) is 6.70. The predicted octanol–water partition coefficient (Wildman–Crippen LogP) is 2.89. The van der Waals surface area contributed by atoms with E-state index in [4.69, 9.17) is 10.00 Å². The Bertz CT molecular complexity index is 350. The monoisotopic (exact) mass is 188 g/mol. The molecule has 0 heterocycles. The van der Waals surface area contributed by atoms with Crippen molar-refractivity contribution in [3.63, 3.8) is 0 Å². The second-order valence-corrected chi connectivity index (χ2v) is 3.17. The van der Waals surface area contributed by atoms with Crippen LogP contribution in [0.25, 0.3) is 0 Å². The minimum absolute atomic E-state index is 0.129. The van der Waals surface area contributed by atoms with E-state index in [-0.39, 0.29) is 5.92 Å². The van der Waals surface area contributed by atoms with Crippen molar-refractivity contribution < 1.29 is 4.74 Å². The summed E-state index contributed by atoms with van der Waals surface area (Å²) in [6, 6.07) is 7.69. The average molecular weight is 188 g/mol. The Morgan fingerprint density at radius 2 is 2.29 bits per heavy atom. The Morgan fingerprint density at radius 1 is 1.57 bits per heavy atom. The zero-order valence-corrected chi connectivity index (χ0v) is 8.58. The Morgan fingerprint density at radius 3 is 2.79 bits per heavy atom. The van der Waals surface area contributed by atoms with E-state index in [2.05, 4.69) is 13.0 Å². The molecule has 0 aliphatic carbocycles. The molecule has 0 saturated heterocycles. The molecule has 0 saturated carbocycles. The summed E-state index contributed by atoms with van der Waals surface area (Å²) in [5, 5.41) is 8.90. The molecule has 0 N–H and O–H groups in total. The van der Waals surface area contributed by atoms with E-state index in [1.165, 1.54) is 0 Å². The summed E-state index contributed by atoms with van der Waals surface area (Å²) in [4.78, 5) is 0. The summed E-state index contributed by atoms with van der Waals surface area (Å²) >= 11 is 0. The molecule has 0 fully saturated rings. The van der Waals surface area contributed by atoms with E-state index in [0.29, 0.717) is 17.9 Å². The Labute approximate surface area is 85.1 Å². The minimum Gasteiger partial charge on any atom is -0.492 e. The predicted molar refractivity (Wildman–Crippen MR) is 56.1 cm³/mol. The molecule has 73 valence electrons. The van der Waals surface area contributed by atoms with E-state index in [1.807, 2.05) is 26.0 Å². The zero-order chi connectivity index (χ0) is 10.6. The van der Waals surface area contributed by atoms with Crippen molar-refractivity contribution in [2.45, 2.75) is 19.8 Å². The van der Waals surface area contributed by atoms with Gasteiger partial charge in [0.1, 0.15) is 11.8 Å². The number of ether oxygens (including phenoxy) is 1. The van der Waals surface area contributed by atoms with Gasteiger partial charge in [0.25, 0.3) is 0 Å². The third-order valence-corrected chi connectivity index (χ3v) is 1.99. The molecular formula is C12H14NO. The van der Waals surface area contributed by atoms with Gasteiger partial charge in [0.2, 0.25) is 0 Å². The highest BCUT2D eigenvalue weighted by Gasteiger charge is 2.11. The smallest absolute Gasteiger partial charge is 0.140 e. The lowest BCUT2D eigenvalue weighted by Crippen LogP contribution is -2.00. The third-order valence-electron chi connectivity index (χ3n) is 1.99. The first-order valence-corrected chi connectivity index (χ1v) is 4.69. The molecule has 0 bridgehead atoms. The average Bonchev–Trinajstić information content (AvgIpc) is 2.18. The maximum atomic E-state index is 8.90. The van der Waals surface area contributed by atoms with Crippen LogP contribution in [0, 0.1) is 18.3 Å². The Balaban J connectivity index is 3.22. The van der Waals surface area contributed by atoms with Gasteiger partial charge in [0.05, 0.1) is 12.2 Å². The van der Waals surface area contributed by atoms with Gasteiger partial charge < -0.3 is 4.74 Å². The second-order valence-electron chi connectivity index (χ2n) is 3.17. The molecule has 2 nitrogen and oxygen atoms in total. The van der Waals surface area contributed by atoms with E-state index in [0.717, 1.165) is 5.56 Å². The molecule has 0 amide bonds. The molecule has 1 unspecified atom stereocenters. The van der Waals surface area contributed by atoms with Crippen LogP contribution in [-0.4, -0.2) is 6.61 Å². The quantitative estimate of drug-likeness (QED) is 0.730. The normalized spacial score (nSPS) is 9.93. The second kappa shape index (κ2) is 4.66.